The normalized spacial score (nSPS) is 10.2. The zero-order valence-corrected chi connectivity index (χ0v) is 11.2. The summed E-state index contributed by atoms with van der Waals surface area (Å²) in [6.45, 7) is 4.10. The molecule has 0 saturated heterocycles. The lowest BCUT2D eigenvalue weighted by molar-refractivity contribution is -0.123. The van der Waals surface area contributed by atoms with E-state index >= 15 is 0 Å². The molecule has 0 atom stereocenters. The molecule has 0 aliphatic heterocycles. The van der Waals surface area contributed by atoms with Gasteiger partial charge in [0, 0.05) is 19.0 Å². The molecule has 0 unspecified atom stereocenters. The van der Waals surface area contributed by atoms with Gasteiger partial charge >= 0.3 is 5.97 Å². The van der Waals surface area contributed by atoms with Crippen LogP contribution in [0, 0.1) is 5.92 Å². The summed E-state index contributed by atoms with van der Waals surface area (Å²) in [5.41, 5.74) is -0.212. The fourth-order valence-electron chi connectivity index (χ4n) is 1.21. The van der Waals surface area contributed by atoms with E-state index in [1.54, 1.807) is 13.8 Å². The van der Waals surface area contributed by atoms with E-state index in [1.807, 2.05) is 0 Å². The molecule has 108 valence electrons. The highest BCUT2D eigenvalue weighted by Crippen LogP contribution is 1.95. The molecule has 20 heavy (non-hydrogen) atoms. The van der Waals surface area contributed by atoms with Crippen LogP contribution in [0.2, 0.25) is 0 Å². The lowest BCUT2D eigenvalue weighted by atomic mass is 10.2. The molecule has 1 heterocycles. The van der Waals surface area contributed by atoms with Crippen molar-refractivity contribution in [1.82, 2.24) is 20.6 Å². The Kier molecular flexibility index (Phi) is 5.57. The number of carboxylic acid groups (broad SMARTS) is 1. The van der Waals surface area contributed by atoms with Gasteiger partial charge < -0.3 is 15.7 Å². The van der Waals surface area contributed by atoms with Crippen molar-refractivity contribution in [2.75, 3.05) is 13.1 Å². The Hall–Kier alpha value is -2.51. The molecule has 0 bridgehead atoms. The Morgan fingerprint density at radius 3 is 2.15 bits per heavy atom. The number of hydrogen-bond donors (Lipinski definition) is 3. The number of hydrogen-bond acceptors (Lipinski definition) is 5. The van der Waals surface area contributed by atoms with Crippen molar-refractivity contribution >= 4 is 17.8 Å². The molecule has 0 spiro atoms. The van der Waals surface area contributed by atoms with E-state index in [2.05, 4.69) is 20.6 Å². The minimum Gasteiger partial charge on any atom is -0.476 e. The molecule has 0 saturated carbocycles. The maximum atomic E-state index is 11.6. The van der Waals surface area contributed by atoms with Gasteiger partial charge in [0.15, 0.2) is 5.69 Å². The van der Waals surface area contributed by atoms with Crippen molar-refractivity contribution < 1.29 is 19.5 Å². The van der Waals surface area contributed by atoms with Gasteiger partial charge in [-0.15, -0.1) is 0 Å². The third-order valence-corrected chi connectivity index (χ3v) is 2.34. The second-order valence-corrected chi connectivity index (χ2v) is 4.29. The third-order valence-electron chi connectivity index (χ3n) is 2.34. The second-order valence-electron chi connectivity index (χ2n) is 4.29. The molecule has 0 aliphatic carbocycles. The quantitative estimate of drug-likeness (QED) is 0.614. The summed E-state index contributed by atoms with van der Waals surface area (Å²) in [5, 5.41) is 13.8. The number of nitrogens with one attached hydrogen (secondary N) is 2. The molecule has 0 fully saturated rings. The third kappa shape index (κ3) is 4.63. The van der Waals surface area contributed by atoms with Crippen LogP contribution in [0.5, 0.6) is 0 Å². The fourth-order valence-corrected chi connectivity index (χ4v) is 1.21. The molecule has 0 radical (unpaired) electrons. The smallest absolute Gasteiger partial charge is 0.356 e. The van der Waals surface area contributed by atoms with Gasteiger partial charge in [-0.1, -0.05) is 13.8 Å². The summed E-state index contributed by atoms with van der Waals surface area (Å²) >= 11 is 0. The summed E-state index contributed by atoms with van der Waals surface area (Å²) in [5.74, 6) is -1.89. The lowest BCUT2D eigenvalue weighted by Gasteiger charge is -2.08. The van der Waals surface area contributed by atoms with Gasteiger partial charge in [-0.2, -0.15) is 0 Å². The van der Waals surface area contributed by atoms with E-state index in [-0.39, 0.29) is 29.8 Å². The predicted octanol–water partition coefficient (Wildman–Crippen LogP) is -0.323. The van der Waals surface area contributed by atoms with Crippen molar-refractivity contribution in [1.29, 1.82) is 0 Å². The predicted molar refractivity (Wildman–Crippen MR) is 69.2 cm³/mol. The molecular formula is C12H16N4O4. The molecular weight excluding hydrogens is 264 g/mol. The Morgan fingerprint density at radius 2 is 1.65 bits per heavy atom. The monoisotopic (exact) mass is 280 g/mol. The highest BCUT2D eigenvalue weighted by molar-refractivity contribution is 5.92. The minimum atomic E-state index is -1.21. The van der Waals surface area contributed by atoms with Gasteiger partial charge in [-0.25, -0.2) is 14.8 Å². The largest absolute Gasteiger partial charge is 0.476 e. The SMILES string of the molecule is CC(C)C(=O)NCCNC(=O)c1cnc(C(=O)O)cn1. The Bertz CT molecular complexity index is 499. The van der Waals surface area contributed by atoms with Gasteiger partial charge in [0.2, 0.25) is 5.91 Å². The van der Waals surface area contributed by atoms with Crippen LogP contribution in [-0.4, -0.2) is 45.9 Å². The van der Waals surface area contributed by atoms with Crippen LogP contribution in [0.25, 0.3) is 0 Å². The van der Waals surface area contributed by atoms with Crippen LogP contribution in [0.3, 0.4) is 0 Å². The number of aromatic nitrogens is 2. The van der Waals surface area contributed by atoms with E-state index in [4.69, 9.17) is 5.11 Å². The number of rotatable bonds is 6. The number of carboxylic acids is 1. The zero-order valence-electron chi connectivity index (χ0n) is 11.2. The van der Waals surface area contributed by atoms with E-state index < -0.39 is 11.9 Å². The van der Waals surface area contributed by atoms with E-state index in [1.165, 1.54) is 0 Å². The standard InChI is InChI=1S/C12H16N4O4/c1-7(2)10(17)13-3-4-14-11(18)8-5-16-9(6-15-8)12(19)20/h5-7H,3-4H2,1-2H3,(H,13,17)(H,14,18)(H,19,20). The summed E-state index contributed by atoms with van der Waals surface area (Å²) in [7, 11) is 0. The molecule has 0 aliphatic rings. The zero-order chi connectivity index (χ0) is 15.1. The molecule has 8 heteroatoms. The number of aromatic carboxylic acids is 1. The average molecular weight is 280 g/mol. The maximum absolute atomic E-state index is 11.6. The van der Waals surface area contributed by atoms with Crippen LogP contribution in [0.1, 0.15) is 34.8 Å². The summed E-state index contributed by atoms with van der Waals surface area (Å²) in [4.78, 5) is 40.7. The number of amides is 2. The molecule has 0 aromatic carbocycles. The van der Waals surface area contributed by atoms with Crippen molar-refractivity contribution in [3.05, 3.63) is 23.8 Å². The first-order chi connectivity index (χ1) is 9.41. The first kappa shape index (κ1) is 15.5. The van der Waals surface area contributed by atoms with Crippen molar-refractivity contribution in [2.24, 2.45) is 5.92 Å². The van der Waals surface area contributed by atoms with Crippen molar-refractivity contribution in [3.8, 4) is 0 Å². The van der Waals surface area contributed by atoms with Gasteiger partial charge in [-0.3, -0.25) is 9.59 Å². The number of nitrogens with zero attached hydrogens (tertiary/aromatic N) is 2. The van der Waals surface area contributed by atoms with Gasteiger partial charge in [-0.05, 0) is 0 Å². The van der Waals surface area contributed by atoms with Gasteiger partial charge in [0.1, 0.15) is 5.69 Å². The highest BCUT2D eigenvalue weighted by Gasteiger charge is 2.10. The second kappa shape index (κ2) is 7.17. The van der Waals surface area contributed by atoms with Crippen LogP contribution in [0.15, 0.2) is 12.4 Å². The van der Waals surface area contributed by atoms with Crippen molar-refractivity contribution in [3.63, 3.8) is 0 Å². The van der Waals surface area contributed by atoms with E-state index in [0.717, 1.165) is 12.4 Å². The first-order valence-corrected chi connectivity index (χ1v) is 6.03. The number of carbonyl (C=O) groups excluding carboxylic acids is 2. The summed E-state index contributed by atoms with van der Waals surface area (Å²) < 4.78 is 0. The van der Waals surface area contributed by atoms with Gasteiger partial charge in [0.25, 0.3) is 5.91 Å². The molecule has 8 nitrogen and oxygen atoms in total. The maximum Gasteiger partial charge on any atom is 0.356 e. The summed E-state index contributed by atoms with van der Waals surface area (Å²) in [6.07, 6.45) is 2.10. The highest BCUT2D eigenvalue weighted by atomic mass is 16.4. The van der Waals surface area contributed by atoms with Gasteiger partial charge in [0.05, 0.1) is 12.4 Å². The Morgan fingerprint density at radius 1 is 1.10 bits per heavy atom. The molecule has 2 amide bonds. The van der Waals surface area contributed by atoms with Crippen LogP contribution in [0.4, 0.5) is 0 Å². The topological polar surface area (TPSA) is 121 Å². The Labute approximate surface area is 115 Å². The van der Waals surface area contributed by atoms with E-state index in [0.29, 0.717) is 6.54 Å². The van der Waals surface area contributed by atoms with Crippen LogP contribution < -0.4 is 10.6 Å². The first-order valence-electron chi connectivity index (χ1n) is 6.03. The molecule has 1 aromatic heterocycles. The lowest BCUT2D eigenvalue weighted by Crippen LogP contribution is -2.36. The molecule has 3 N–H and O–H groups in total. The molecule has 1 rings (SSSR count). The number of carbonyl (C=O) groups is 3. The van der Waals surface area contributed by atoms with Crippen LogP contribution in [-0.2, 0) is 4.79 Å². The van der Waals surface area contributed by atoms with Crippen molar-refractivity contribution in [2.45, 2.75) is 13.8 Å². The van der Waals surface area contributed by atoms with Crippen LogP contribution >= 0.6 is 0 Å². The Balaban J connectivity index is 2.39. The fraction of sp³-hybridized carbons (Fsp3) is 0.417. The average Bonchev–Trinajstić information content (AvgIpc) is 2.43. The van der Waals surface area contributed by atoms with E-state index in [9.17, 15) is 14.4 Å². The molecule has 1 aromatic rings. The minimum absolute atomic E-state index is 0.0187. The summed E-state index contributed by atoms with van der Waals surface area (Å²) in [6, 6.07) is 0.